The predicted molar refractivity (Wildman–Crippen MR) is 140 cm³/mol. The minimum Gasteiger partial charge on any atom is -0.496 e. The standard InChI is InChI=1S/C31H29NO4/c1-36-28-20-12-11-13-23(28)21-27(30(34)35)32-29(33)22-31(24-14-5-2-6-15-24,25-16-7-3-8-17-25)26-18-9-4-10-19-26/h2-20,27H,21-22H2,1H3,(H,32,33)(H,34,35)/t27-/m0/s1. The van der Waals surface area contributed by atoms with Crippen LogP contribution in [0.1, 0.15) is 28.7 Å². The Balaban J connectivity index is 1.73. The molecule has 0 saturated heterocycles. The molecule has 5 nitrogen and oxygen atoms in total. The highest BCUT2D eigenvalue weighted by Crippen LogP contribution is 2.42. The summed E-state index contributed by atoms with van der Waals surface area (Å²) in [5.41, 5.74) is 2.77. The van der Waals surface area contributed by atoms with Gasteiger partial charge in [-0.15, -0.1) is 0 Å². The molecule has 36 heavy (non-hydrogen) atoms. The Kier molecular flexibility index (Phi) is 7.81. The molecule has 182 valence electrons. The van der Waals surface area contributed by atoms with Gasteiger partial charge in [0.15, 0.2) is 0 Å². The van der Waals surface area contributed by atoms with E-state index in [1.54, 1.807) is 13.2 Å². The lowest BCUT2D eigenvalue weighted by Crippen LogP contribution is -2.45. The van der Waals surface area contributed by atoms with Crippen LogP contribution in [0.15, 0.2) is 115 Å². The molecule has 4 aromatic rings. The molecular formula is C31H29NO4. The molecule has 1 amide bonds. The lowest BCUT2D eigenvalue weighted by atomic mass is 9.67. The lowest BCUT2D eigenvalue weighted by molar-refractivity contribution is -0.141. The number of amides is 1. The van der Waals surface area contributed by atoms with E-state index in [9.17, 15) is 14.7 Å². The SMILES string of the molecule is COc1ccccc1C[C@H](NC(=O)CC(c1ccccc1)(c1ccccc1)c1ccccc1)C(=O)O. The van der Waals surface area contributed by atoms with Gasteiger partial charge in [-0.2, -0.15) is 0 Å². The molecular weight excluding hydrogens is 450 g/mol. The number of carbonyl (C=O) groups is 2. The van der Waals surface area contributed by atoms with Gasteiger partial charge >= 0.3 is 5.97 Å². The molecule has 0 aliphatic rings. The van der Waals surface area contributed by atoms with E-state index in [4.69, 9.17) is 4.74 Å². The summed E-state index contributed by atoms with van der Waals surface area (Å²) < 4.78 is 5.38. The van der Waals surface area contributed by atoms with Crippen LogP contribution in [0.25, 0.3) is 0 Å². The zero-order valence-corrected chi connectivity index (χ0v) is 20.1. The third kappa shape index (κ3) is 5.31. The largest absolute Gasteiger partial charge is 0.496 e. The third-order valence-electron chi connectivity index (χ3n) is 6.48. The van der Waals surface area contributed by atoms with E-state index in [1.807, 2.05) is 109 Å². The van der Waals surface area contributed by atoms with Gasteiger partial charge in [0.25, 0.3) is 0 Å². The Morgan fingerprint density at radius 2 is 1.19 bits per heavy atom. The summed E-state index contributed by atoms with van der Waals surface area (Å²) in [5.74, 6) is -0.863. The number of carboxylic acids is 1. The maximum atomic E-state index is 13.6. The number of carboxylic acid groups (broad SMARTS) is 1. The average Bonchev–Trinajstić information content (AvgIpc) is 2.93. The number of methoxy groups -OCH3 is 1. The maximum Gasteiger partial charge on any atom is 0.326 e. The Morgan fingerprint density at radius 3 is 1.64 bits per heavy atom. The monoisotopic (exact) mass is 479 g/mol. The summed E-state index contributed by atoms with van der Waals surface area (Å²) in [6.07, 6.45) is 0.154. The first kappa shape index (κ1) is 24.7. The zero-order valence-electron chi connectivity index (χ0n) is 20.1. The first-order chi connectivity index (χ1) is 17.5. The van der Waals surface area contributed by atoms with Crippen LogP contribution in [0.4, 0.5) is 0 Å². The van der Waals surface area contributed by atoms with E-state index in [0.29, 0.717) is 11.3 Å². The van der Waals surface area contributed by atoms with Crippen LogP contribution in [-0.2, 0) is 21.4 Å². The third-order valence-corrected chi connectivity index (χ3v) is 6.48. The van der Waals surface area contributed by atoms with Gasteiger partial charge in [0.2, 0.25) is 5.91 Å². The summed E-state index contributed by atoms with van der Waals surface area (Å²) in [5, 5.41) is 12.7. The fourth-order valence-corrected chi connectivity index (χ4v) is 4.75. The van der Waals surface area contributed by atoms with E-state index in [0.717, 1.165) is 16.7 Å². The highest BCUT2D eigenvalue weighted by atomic mass is 16.5. The van der Waals surface area contributed by atoms with E-state index in [2.05, 4.69) is 5.32 Å². The first-order valence-corrected chi connectivity index (χ1v) is 11.8. The van der Waals surface area contributed by atoms with Gasteiger partial charge in [0.05, 0.1) is 12.5 Å². The van der Waals surface area contributed by atoms with Gasteiger partial charge in [-0.25, -0.2) is 4.79 Å². The molecule has 0 aliphatic carbocycles. The molecule has 0 aliphatic heterocycles. The summed E-state index contributed by atoms with van der Waals surface area (Å²) in [6.45, 7) is 0. The second kappa shape index (κ2) is 11.4. The molecule has 2 N–H and O–H groups in total. The molecule has 1 atom stereocenters. The van der Waals surface area contributed by atoms with Crippen molar-refractivity contribution in [1.29, 1.82) is 0 Å². The van der Waals surface area contributed by atoms with E-state index in [-0.39, 0.29) is 18.7 Å². The number of carbonyl (C=O) groups excluding carboxylic acids is 1. The van der Waals surface area contributed by atoms with Crippen molar-refractivity contribution in [2.24, 2.45) is 0 Å². The normalized spacial score (nSPS) is 11.9. The second-order valence-corrected chi connectivity index (χ2v) is 8.65. The van der Waals surface area contributed by atoms with Gasteiger partial charge in [-0.1, -0.05) is 109 Å². The van der Waals surface area contributed by atoms with Gasteiger partial charge in [-0.3, -0.25) is 4.79 Å². The fraction of sp³-hybridized carbons (Fsp3) is 0.161. The molecule has 5 heteroatoms. The van der Waals surface area contributed by atoms with Crippen LogP contribution in [-0.4, -0.2) is 30.1 Å². The van der Waals surface area contributed by atoms with Gasteiger partial charge < -0.3 is 15.2 Å². The smallest absolute Gasteiger partial charge is 0.326 e. The van der Waals surface area contributed by atoms with E-state index < -0.39 is 17.4 Å². The van der Waals surface area contributed by atoms with Crippen LogP contribution in [0.2, 0.25) is 0 Å². The van der Waals surface area contributed by atoms with Crippen molar-refractivity contribution < 1.29 is 19.4 Å². The Morgan fingerprint density at radius 1 is 0.750 bits per heavy atom. The maximum absolute atomic E-state index is 13.6. The summed E-state index contributed by atoms with van der Waals surface area (Å²) in [4.78, 5) is 25.8. The van der Waals surface area contributed by atoms with Crippen molar-refractivity contribution in [2.45, 2.75) is 24.3 Å². The topological polar surface area (TPSA) is 75.6 Å². The van der Waals surface area contributed by atoms with Crippen molar-refractivity contribution in [3.05, 3.63) is 138 Å². The summed E-state index contributed by atoms with van der Waals surface area (Å²) in [7, 11) is 1.54. The minimum absolute atomic E-state index is 0.0424. The lowest BCUT2D eigenvalue weighted by Gasteiger charge is -2.36. The molecule has 0 spiro atoms. The van der Waals surface area contributed by atoms with Gasteiger partial charge in [-0.05, 0) is 28.3 Å². The minimum atomic E-state index is -1.10. The number of benzene rings is 4. The molecule has 4 aromatic carbocycles. The number of hydrogen-bond donors (Lipinski definition) is 2. The van der Waals surface area contributed by atoms with Gasteiger partial charge in [0, 0.05) is 12.8 Å². The molecule has 0 bridgehead atoms. The predicted octanol–water partition coefficient (Wildman–Crippen LogP) is 5.23. The van der Waals surface area contributed by atoms with Crippen molar-refractivity contribution in [3.8, 4) is 5.75 Å². The van der Waals surface area contributed by atoms with E-state index >= 15 is 0 Å². The average molecular weight is 480 g/mol. The molecule has 0 heterocycles. The summed E-state index contributed by atoms with van der Waals surface area (Å²) >= 11 is 0. The van der Waals surface area contributed by atoms with E-state index in [1.165, 1.54) is 0 Å². The van der Waals surface area contributed by atoms with Crippen LogP contribution in [0, 0.1) is 0 Å². The number of nitrogens with one attached hydrogen (secondary N) is 1. The Labute approximate surface area is 211 Å². The number of hydrogen-bond acceptors (Lipinski definition) is 3. The molecule has 0 radical (unpaired) electrons. The molecule has 0 fully saturated rings. The zero-order chi connectivity index (χ0) is 25.4. The van der Waals surface area contributed by atoms with Crippen molar-refractivity contribution in [3.63, 3.8) is 0 Å². The number of aliphatic carboxylic acids is 1. The van der Waals surface area contributed by atoms with Crippen LogP contribution >= 0.6 is 0 Å². The highest BCUT2D eigenvalue weighted by Gasteiger charge is 2.39. The Hall–Kier alpha value is -4.38. The van der Waals surface area contributed by atoms with Crippen LogP contribution in [0.5, 0.6) is 5.75 Å². The van der Waals surface area contributed by atoms with Crippen molar-refractivity contribution >= 4 is 11.9 Å². The quantitative estimate of drug-likeness (QED) is 0.305. The van der Waals surface area contributed by atoms with Crippen LogP contribution in [0.3, 0.4) is 0 Å². The second-order valence-electron chi connectivity index (χ2n) is 8.65. The molecule has 4 rings (SSSR count). The molecule has 0 aromatic heterocycles. The highest BCUT2D eigenvalue weighted by molar-refractivity contribution is 5.85. The van der Waals surface area contributed by atoms with Gasteiger partial charge in [0.1, 0.15) is 11.8 Å². The molecule has 0 saturated carbocycles. The first-order valence-electron chi connectivity index (χ1n) is 11.8. The van der Waals surface area contributed by atoms with Crippen LogP contribution < -0.4 is 10.1 Å². The number of para-hydroxylation sites is 1. The van der Waals surface area contributed by atoms with Crippen molar-refractivity contribution in [1.82, 2.24) is 5.32 Å². The Bertz CT molecular complexity index is 1190. The molecule has 0 unspecified atom stereocenters. The number of rotatable bonds is 10. The van der Waals surface area contributed by atoms with Crippen molar-refractivity contribution in [2.75, 3.05) is 7.11 Å². The number of ether oxygens (including phenoxy) is 1. The fourth-order valence-electron chi connectivity index (χ4n) is 4.75. The summed E-state index contributed by atoms with van der Waals surface area (Å²) in [6, 6.07) is 35.7.